The van der Waals surface area contributed by atoms with Crippen LogP contribution in [0.3, 0.4) is 0 Å². The molecule has 2 bridgehead atoms. The number of ether oxygens (including phenoxy) is 1. The normalized spacial score (nSPS) is 36.3. The van der Waals surface area contributed by atoms with Gasteiger partial charge in [-0.05, 0) is 70.1 Å². The van der Waals surface area contributed by atoms with Crippen molar-refractivity contribution in [3.8, 4) is 5.75 Å². The zero-order valence-corrected chi connectivity index (χ0v) is 15.3. The molecule has 1 heterocycles. The van der Waals surface area contributed by atoms with Crippen LogP contribution in [0.15, 0.2) is 18.2 Å². The summed E-state index contributed by atoms with van der Waals surface area (Å²) >= 11 is 6.48. The fourth-order valence-corrected chi connectivity index (χ4v) is 4.92. The van der Waals surface area contributed by atoms with Gasteiger partial charge in [0.15, 0.2) is 0 Å². The molecule has 5 heteroatoms. The quantitative estimate of drug-likeness (QED) is 0.755. The van der Waals surface area contributed by atoms with Gasteiger partial charge in [-0.15, -0.1) is 0 Å². The van der Waals surface area contributed by atoms with Crippen LogP contribution in [-0.2, 0) is 14.7 Å². The van der Waals surface area contributed by atoms with Gasteiger partial charge in [0.1, 0.15) is 5.75 Å². The van der Waals surface area contributed by atoms with Gasteiger partial charge in [0.25, 0.3) is 0 Å². The lowest BCUT2D eigenvalue weighted by Gasteiger charge is -2.71. The zero-order chi connectivity index (χ0) is 16.7. The molecule has 0 radical (unpaired) electrons. The van der Waals surface area contributed by atoms with Gasteiger partial charge in [0.2, 0.25) is 0 Å². The highest BCUT2D eigenvalue weighted by molar-refractivity contribution is 6.51. The highest BCUT2D eigenvalue weighted by Gasteiger charge is 2.77. The summed E-state index contributed by atoms with van der Waals surface area (Å²) in [6.45, 7) is 8.48. The number of methoxy groups -OCH3 is 1. The first kappa shape index (κ1) is 15.8. The standard InChI is InChI=1S/C18H24BClO3/c1-15(2)16(3,4)23-19(22-15)18-9-17(10-18,11-18)13-7-6-12(21-5)8-14(13)20/h6-8H,9-11H2,1-5H3. The molecule has 1 aliphatic heterocycles. The second-order valence-corrected chi connectivity index (χ2v) is 9.01. The first-order valence-corrected chi connectivity index (χ1v) is 8.71. The second-order valence-electron chi connectivity index (χ2n) is 8.61. The molecule has 4 aliphatic rings. The SMILES string of the molecule is COc1ccc(C23CC(B4OC(C)(C)C(C)(C)O4)(C2)C3)c(Cl)c1. The number of benzene rings is 1. The highest BCUT2D eigenvalue weighted by Crippen LogP contribution is 2.81. The summed E-state index contributed by atoms with van der Waals surface area (Å²) in [5.74, 6) is 0.811. The van der Waals surface area contributed by atoms with Gasteiger partial charge in [-0.3, -0.25) is 0 Å². The van der Waals surface area contributed by atoms with E-state index in [9.17, 15) is 0 Å². The molecule has 1 saturated heterocycles. The van der Waals surface area contributed by atoms with E-state index >= 15 is 0 Å². The van der Waals surface area contributed by atoms with Crippen LogP contribution in [0, 0.1) is 0 Å². The average molecular weight is 335 g/mol. The van der Waals surface area contributed by atoms with E-state index < -0.39 is 0 Å². The molecule has 0 N–H and O–H groups in total. The van der Waals surface area contributed by atoms with E-state index in [1.54, 1.807) is 7.11 Å². The van der Waals surface area contributed by atoms with Gasteiger partial charge in [-0.25, -0.2) is 0 Å². The van der Waals surface area contributed by atoms with Crippen molar-refractivity contribution in [2.24, 2.45) is 0 Å². The van der Waals surface area contributed by atoms with E-state index in [1.165, 1.54) is 5.56 Å². The van der Waals surface area contributed by atoms with Crippen LogP contribution >= 0.6 is 11.6 Å². The topological polar surface area (TPSA) is 27.7 Å². The predicted octanol–water partition coefficient (Wildman–Crippen LogP) is 4.62. The molecule has 0 unspecified atom stereocenters. The summed E-state index contributed by atoms with van der Waals surface area (Å²) < 4.78 is 17.8. The molecule has 3 aliphatic carbocycles. The molecule has 124 valence electrons. The Kier molecular flexibility index (Phi) is 3.07. The Morgan fingerprint density at radius 2 is 1.61 bits per heavy atom. The van der Waals surface area contributed by atoms with Crippen LogP contribution in [-0.4, -0.2) is 25.4 Å². The maximum absolute atomic E-state index is 6.48. The third-order valence-corrected chi connectivity index (χ3v) is 6.88. The minimum atomic E-state index is -0.252. The van der Waals surface area contributed by atoms with E-state index in [0.717, 1.165) is 30.0 Å². The summed E-state index contributed by atoms with van der Waals surface area (Å²) in [4.78, 5) is 0. The van der Waals surface area contributed by atoms with Crippen LogP contribution in [0.2, 0.25) is 10.3 Å². The Balaban J connectivity index is 1.51. The molecule has 0 spiro atoms. The molecule has 1 aromatic carbocycles. The minimum absolute atomic E-state index is 0.0913. The van der Waals surface area contributed by atoms with E-state index in [4.69, 9.17) is 25.6 Å². The van der Waals surface area contributed by atoms with Crippen LogP contribution in [0.4, 0.5) is 0 Å². The van der Waals surface area contributed by atoms with Gasteiger partial charge in [-0.1, -0.05) is 17.7 Å². The fraction of sp³-hybridized carbons (Fsp3) is 0.667. The van der Waals surface area contributed by atoms with Crippen molar-refractivity contribution in [3.63, 3.8) is 0 Å². The summed E-state index contributed by atoms with van der Waals surface area (Å²) in [6.07, 6.45) is 3.30. The first-order chi connectivity index (χ1) is 10.6. The molecule has 3 saturated carbocycles. The Hall–Kier alpha value is -0.705. The summed E-state index contributed by atoms with van der Waals surface area (Å²) in [5, 5.41) is 0.987. The lowest BCUT2D eigenvalue weighted by atomic mass is 9.23. The molecule has 4 fully saturated rings. The van der Waals surface area contributed by atoms with Crippen LogP contribution in [0.1, 0.15) is 52.5 Å². The van der Waals surface area contributed by atoms with Crippen molar-refractivity contribution in [1.82, 2.24) is 0 Å². The van der Waals surface area contributed by atoms with Gasteiger partial charge >= 0.3 is 7.12 Å². The van der Waals surface area contributed by atoms with E-state index in [0.29, 0.717) is 0 Å². The van der Waals surface area contributed by atoms with Crippen molar-refractivity contribution >= 4 is 18.7 Å². The molecule has 0 amide bonds. The second kappa shape index (κ2) is 4.47. The summed E-state index contributed by atoms with van der Waals surface area (Å²) in [7, 11) is 1.57. The van der Waals surface area contributed by atoms with Gasteiger partial charge < -0.3 is 14.0 Å². The highest BCUT2D eigenvalue weighted by atomic mass is 35.5. The first-order valence-electron chi connectivity index (χ1n) is 8.33. The van der Waals surface area contributed by atoms with Crippen molar-refractivity contribution in [1.29, 1.82) is 0 Å². The maximum Gasteiger partial charge on any atom is 0.464 e. The maximum atomic E-state index is 6.48. The van der Waals surface area contributed by atoms with Gasteiger partial charge in [0, 0.05) is 10.3 Å². The molecule has 3 nitrogen and oxygen atoms in total. The Morgan fingerprint density at radius 1 is 1.04 bits per heavy atom. The van der Waals surface area contributed by atoms with Crippen LogP contribution in [0.25, 0.3) is 0 Å². The van der Waals surface area contributed by atoms with Gasteiger partial charge in [-0.2, -0.15) is 0 Å². The Bertz CT molecular complexity index is 634. The van der Waals surface area contributed by atoms with Crippen molar-refractivity contribution in [2.75, 3.05) is 7.11 Å². The van der Waals surface area contributed by atoms with Crippen molar-refractivity contribution in [3.05, 3.63) is 28.8 Å². The molecule has 0 atom stereocenters. The lowest BCUT2D eigenvalue weighted by molar-refractivity contribution is -0.0383. The molecule has 0 aromatic heterocycles. The summed E-state index contributed by atoms with van der Waals surface area (Å²) in [5.41, 5.74) is 0.960. The van der Waals surface area contributed by atoms with Crippen molar-refractivity contribution < 1.29 is 14.0 Å². The largest absolute Gasteiger partial charge is 0.497 e. The Labute approximate surface area is 143 Å². The molecule has 5 rings (SSSR count). The van der Waals surface area contributed by atoms with Crippen LogP contribution < -0.4 is 4.74 Å². The number of hydrogen-bond donors (Lipinski definition) is 0. The van der Waals surface area contributed by atoms with E-state index in [-0.39, 0.29) is 29.0 Å². The third-order valence-electron chi connectivity index (χ3n) is 6.57. The zero-order valence-electron chi connectivity index (χ0n) is 14.5. The van der Waals surface area contributed by atoms with Crippen molar-refractivity contribution in [2.45, 2.75) is 68.9 Å². The fourth-order valence-electron chi connectivity index (χ4n) is 4.55. The number of rotatable bonds is 3. The Morgan fingerprint density at radius 3 is 2.09 bits per heavy atom. The molecule has 23 heavy (non-hydrogen) atoms. The van der Waals surface area contributed by atoms with E-state index in [2.05, 4.69) is 33.8 Å². The molecule has 1 aromatic rings. The minimum Gasteiger partial charge on any atom is -0.497 e. The summed E-state index contributed by atoms with van der Waals surface area (Å²) in [6, 6.07) is 6.04. The van der Waals surface area contributed by atoms with E-state index in [1.807, 2.05) is 12.1 Å². The number of halogens is 1. The number of hydrogen-bond acceptors (Lipinski definition) is 3. The monoisotopic (exact) mass is 334 g/mol. The predicted molar refractivity (Wildman–Crippen MR) is 92.3 cm³/mol. The molecular formula is C18H24BClO3. The lowest BCUT2D eigenvalue weighted by Crippen LogP contribution is -2.66. The smallest absolute Gasteiger partial charge is 0.464 e. The van der Waals surface area contributed by atoms with Gasteiger partial charge in [0.05, 0.1) is 18.3 Å². The average Bonchev–Trinajstić information content (AvgIpc) is 2.57. The van der Waals surface area contributed by atoms with Crippen LogP contribution in [0.5, 0.6) is 5.75 Å². The third kappa shape index (κ3) is 1.98. The molecular weight excluding hydrogens is 310 g/mol.